The van der Waals surface area contributed by atoms with Crippen molar-refractivity contribution in [2.24, 2.45) is 0 Å². The van der Waals surface area contributed by atoms with E-state index in [1.165, 1.54) is 48.3 Å². The summed E-state index contributed by atoms with van der Waals surface area (Å²) in [6.45, 7) is 3.66. The maximum atomic E-state index is 13.2. The van der Waals surface area contributed by atoms with Gasteiger partial charge in [-0.05, 0) is 44.2 Å². The number of aromatic nitrogens is 1. The van der Waals surface area contributed by atoms with Crippen LogP contribution in [-0.4, -0.2) is 51.9 Å². The lowest BCUT2D eigenvalue weighted by atomic mass is 10.0. The number of sulfonamides is 1. The first-order valence-electron chi connectivity index (χ1n) is 8.71. The number of rotatable bonds is 5. The van der Waals surface area contributed by atoms with Crippen molar-refractivity contribution in [2.45, 2.75) is 29.5 Å². The van der Waals surface area contributed by atoms with E-state index in [1.807, 2.05) is 0 Å². The van der Waals surface area contributed by atoms with E-state index < -0.39 is 26.7 Å². The molecule has 156 valence electrons. The van der Waals surface area contributed by atoms with Crippen LogP contribution < -0.4 is 15.8 Å². The van der Waals surface area contributed by atoms with Gasteiger partial charge in [0.25, 0.3) is 11.5 Å². The molecule has 29 heavy (non-hydrogen) atoms. The average Bonchev–Trinajstić information content (AvgIpc) is 2.67. The van der Waals surface area contributed by atoms with Crippen LogP contribution in [-0.2, 0) is 14.8 Å². The number of hydrogen-bond acceptors (Lipinski definition) is 7. The van der Waals surface area contributed by atoms with Crippen molar-refractivity contribution in [2.75, 3.05) is 12.3 Å². The number of amides is 1. The molecule has 1 amide bonds. The van der Waals surface area contributed by atoms with Crippen molar-refractivity contribution in [3.8, 4) is 11.5 Å². The maximum absolute atomic E-state index is 13.2. The summed E-state index contributed by atoms with van der Waals surface area (Å²) in [5.74, 6) is 0.415. The summed E-state index contributed by atoms with van der Waals surface area (Å²) >= 11 is 1.47. The van der Waals surface area contributed by atoms with Gasteiger partial charge in [0.2, 0.25) is 10.0 Å². The predicted octanol–water partition coefficient (Wildman–Crippen LogP) is 1.56. The quantitative estimate of drug-likeness (QED) is 0.476. The Hall–Kier alpha value is -2.34. The molecular weight excluding hydrogens is 418 g/mol. The summed E-state index contributed by atoms with van der Waals surface area (Å²) in [7, 11) is -4.00. The fourth-order valence-electron chi connectivity index (χ4n) is 3.16. The molecule has 3 N–H and O–H groups in total. The molecule has 1 fully saturated rings. The van der Waals surface area contributed by atoms with Crippen molar-refractivity contribution in [3.63, 3.8) is 0 Å². The number of hydroxylamine groups is 1. The van der Waals surface area contributed by atoms with Gasteiger partial charge < -0.3 is 9.72 Å². The van der Waals surface area contributed by atoms with E-state index in [9.17, 15) is 18.0 Å². The molecular formula is C18H21N3O6S2. The molecule has 0 saturated carbocycles. The van der Waals surface area contributed by atoms with Gasteiger partial charge in [0.15, 0.2) is 0 Å². The molecule has 9 nitrogen and oxygen atoms in total. The molecule has 2 aromatic rings. The van der Waals surface area contributed by atoms with Gasteiger partial charge in [-0.1, -0.05) is 0 Å². The highest BCUT2D eigenvalue weighted by molar-refractivity contribution is 8.00. The van der Waals surface area contributed by atoms with Gasteiger partial charge in [-0.25, -0.2) is 13.9 Å². The summed E-state index contributed by atoms with van der Waals surface area (Å²) in [5.41, 5.74) is 1.26. The lowest BCUT2D eigenvalue weighted by molar-refractivity contribution is -0.134. The van der Waals surface area contributed by atoms with E-state index in [4.69, 9.17) is 9.94 Å². The van der Waals surface area contributed by atoms with Crippen LogP contribution in [0, 0.1) is 0 Å². The van der Waals surface area contributed by atoms with Crippen LogP contribution in [0.1, 0.15) is 13.8 Å². The van der Waals surface area contributed by atoms with Gasteiger partial charge in [-0.15, -0.1) is 0 Å². The Balaban J connectivity index is 1.88. The topological polar surface area (TPSA) is 129 Å². The van der Waals surface area contributed by atoms with Gasteiger partial charge in [0, 0.05) is 29.3 Å². The minimum Gasteiger partial charge on any atom is -0.457 e. The first kappa shape index (κ1) is 21.4. The lowest BCUT2D eigenvalue weighted by Gasteiger charge is -2.43. The highest BCUT2D eigenvalue weighted by atomic mass is 32.2. The van der Waals surface area contributed by atoms with Crippen LogP contribution in [0.4, 0.5) is 0 Å². The molecule has 1 aliphatic rings. The zero-order valence-corrected chi connectivity index (χ0v) is 17.4. The fraction of sp³-hybridized carbons (Fsp3) is 0.333. The Morgan fingerprint density at radius 2 is 1.97 bits per heavy atom. The third-order valence-electron chi connectivity index (χ3n) is 4.50. The number of carbonyl (C=O) groups excluding carboxylic acids is 1. The standard InChI is InChI=1S/C18H21N3O6S2/c1-18(2)16(17(23)20-24)21(9-10-28-18)29(25,26)14-5-3-12(4-6-14)27-13-7-8-19-15(22)11-13/h3-8,11,16,24H,9-10H2,1-2H3,(H,19,22)(H,20,23). The van der Waals surface area contributed by atoms with E-state index in [0.717, 1.165) is 4.31 Å². The number of carbonyl (C=O) groups is 1. The first-order valence-corrected chi connectivity index (χ1v) is 11.1. The SMILES string of the molecule is CC1(C)SCCN(S(=O)(=O)c2ccc(Oc3cc[nH]c(=O)c3)cc2)C1C(=O)NO. The number of aromatic amines is 1. The normalized spacial score (nSPS) is 19.5. The lowest BCUT2D eigenvalue weighted by Crippen LogP contribution is -2.61. The van der Waals surface area contributed by atoms with Crippen LogP contribution in [0.15, 0.2) is 52.3 Å². The van der Waals surface area contributed by atoms with Crippen LogP contribution >= 0.6 is 11.8 Å². The summed E-state index contributed by atoms with van der Waals surface area (Å²) in [5, 5.41) is 9.10. The Bertz CT molecular complexity index is 1050. The molecule has 0 spiro atoms. The monoisotopic (exact) mass is 439 g/mol. The molecule has 1 unspecified atom stereocenters. The molecule has 0 aliphatic carbocycles. The summed E-state index contributed by atoms with van der Waals surface area (Å²) in [4.78, 5) is 26.0. The highest BCUT2D eigenvalue weighted by Crippen LogP contribution is 2.38. The van der Waals surface area contributed by atoms with E-state index in [0.29, 0.717) is 17.3 Å². The van der Waals surface area contributed by atoms with Crippen LogP contribution in [0.2, 0.25) is 0 Å². The molecule has 1 aromatic carbocycles. The number of H-pyrrole nitrogens is 1. The van der Waals surface area contributed by atoms with E-state index in [1.54, 1.807) is 25.4 Å². The molecule has 2 heterocycles. The van der Waals surface area contributed by atoms with E-state index in [2.05, 4.69) is 4.98 Å². The minimum atomic E-state index is -4.00. The number of ether oxygens (including phenoxy) is 1. The summed E-state index contributed by atoms with van der Waals surface area (Å²) in [6.07, 6.45) is 1.44. The highest BCUT2D eigenvalue weighted by Gasteiger charge is 2.48. The molecule has 1 aromatic heterocycles. The number of nitrogens with one attached hydrogen (secondary N) is 2. The zero-order valence-electron chi connectivity index (χ0n) is 15.8. The number of nitrogens with zero attached hydrogens (tertiary/aromatic N) is 1. The molecule has 0 radical (unpaired) electrons. The summed E-state index contributed by atoms with van der Waals surface area (Å²) in [6, 6.07) is 7.47. The number of thioether (sulfide) groups is 1. The predicted molar refractivity (Wildman–Crippen MR) is 108 cm³/mol. The number of hydrogen-bond donors (Lipinski definition) is 3. The van der Waals surface area contributed by atoms with E-state index >= 15 is 0 Å². The van der Waals surface area contributed by atoms with Gasteiger partial charge in [0.05, 0.1) is 4.90 Å². The van der Waals surface area contributed by atoms with Crippen molar-refractivity contribution >= 4 is 27.7 Å². The fourth-order valence-corrected chi connectivity index (χ4v) is 6.27. The average molecular weight is 440 g/mol. The molecule has 3 rings (SSSR count). The van der Waals surface area contributed by atoms with E-state index in [-0.39, 0.29) is 17.0 Å². The number of benzene rings is 1. The van der Waals surface area contributed by atoms with Crippen LogP contribution in [0.25, 0.3) is 0 Å². The minimum absolute atomic E-state index is 0.00537. The Kier molecular flexibility index (Phi) is 6.03. The molecule has 1 aliphatic heterocycles. The zero-order chi connectivity index (χ0) is 21.2. The van der Waals surface area contributed by atoms with Gasteiger partial charge in [-0.2, -0.15) is 16.1 Å². The largest absolute Gasteiger partial charge is 0.457 e. The Labute approximate surface area is 172 Å². The number of pyridine rings is 1. The third-order valence-corrected chi connectivity index (χ3v) is 7.74. The smallest absolute Gasteiger partial charge is 0.263 e. The second-order valence-corrected chi connectivity index (χ2v) is 10.5. The van der Waals surface area contributed by atoms with Crippen molar-refractivity contribution < 1.29 is 23.2 Å². The Morgan fingerprint density at radius 1 is 1.28 bits per heavy atom. The van der Waals surface area contributed by atoms with Crippen molar-refractivity contribution in [3.05, 3.63) is 52.9 Å². The van der Waals surface area contributed by atoms with Crippen molar-refractivity contribution in [1.29, 1.82) is 0 Å². The van der Waals surface area contributed by atoms with Crippen LogP contribution in [0.5, 0.6) is 11.5 Å². The van der Waals surface area contributed by atoms with Crippen LogP contribution in [0.3, 0.4) is 0 Å². The summed E-state index contributed by atoms with van der Waals surface area (Å²) < 4.78 is 32.3. The first-order chi connectivity index (χ1) is 13.6. The molecule has 11 heteroatoms. The maximum Gasteiger partial charge on any atom is 0.263 e. The molecule has 0 bridgehead atoms. The molecule has 1 atom stereocenters. The van der Waals surface area contributed by atoms with Gasteiger partial charge in [0.1, 0.15) is 17.5 Å². The van der Waals surface area contributed by atoms with Crippen molar-refractivity contribution in [1.82, 2.24) is 14.8 Å². The second-order valence-electron chi connectivity index (χ2n) is 6.91. The Morgan fingerprint density at radius 3 is 2.59 bits per heavy atom. The van der Waals surface area contributed by atoms with Gasteiger partial charge >= 0.3 is 0 Å². The van der Waals surface area contributed by atoms with Gasteiger partial charge in [-0.3, -0.25) is 14.8 Å². The molecule has 1 saturated heterocycles. The third kappa shape index (κ3) is 4.47. The second kappa shape index (κ2) is 8.19.